The summed E-state index contributed by atoms with van der Waals surface area (Å²) >= 11 is 1.61. The van der Waals surface area contributed by atoms with E-state index in [0.29, 0.717) is 11.6 Å². The fourth-order valence-electron chi connectivity index (χ4n) is 1.87. The predicted octanol–water partition coefficient (Wildman–Crippen LogP) is 3.29. The highest BCUT2D eigenvalue weighted by molar-refractivity contribution is 8.00. The summed E-state index contributed by atoms with van der Waals surface area (Å²) in [6.07, 6.45) is 0.912. The first-order chi connectivity index (χ1) is 10.6. The van der Waals surface area contributed by atoms with Gasteiger partial charge in [0.15, 0.2) is 5.82 Å². The van der Waals surface area contributed by atoms with Crippen molar-refractivity contribution in [1.82, 2.24) is 5.16 Å². The predicted molar refractivity (Wildman–Crippen MR) is 88.5 cm³/mol. The summed E-state index contributed by atoms with van der Waals surface area (Å²) in [7, 11) is 1.65. The van der Waals surface area contributed by atoms with Gasteiger partial charge in [-0.1, -0.05) is 17.3 Å². The first-order valence-corrected chi connectivity index (χ1v) is 8.12. The Labute approximate surface area is 134 Å². The van der Waals surface area contributed by atoms with Gasteiger partial charge in [-0.15, -0.1) is 11.8 Å². The lowest BCUT2D eigenvalue weighted by atomic mass is 10.2. The second-order valence-corrected chi connectivity index (χ2v) is 6.37. The molecule has 6 heteroatoms. The van der Waals surface area contributed by atoms with Crippen molar-refractivity contribution in [3.05, 3.63) is 41.7 Å². The van der Waals surface area contributed by atoms with Gasteiger partial charge in [0.05, 0.1) is 12.4 Å². The molecule has 1 aromatic carbocycles. The van der Waals surface area contributed by atoms with Crippen molar-refractivity contribution in [1.29, 1.82) is 0 Å². The molecule has 0 saturated heterocycles. The largest absolute Gasteiger partial charge is 0.497 e. The van der Waals surface area contributed by atoms with Crippen molar-refractivity contribution < 1.29 is 14.1 Å². The molecule has 22 heavy (non-hydrogen) atoms. The molecule has 0 fully saturated rings. The average molecular weight is 320 g/mol. The Morgan fingerprint density at radius 2 is 2.14 bits per heavy atom. The number of benzene rings is 1. The van der Waals surface area contributed by atoms with Crippen LogP contribution in [0.2, 0.25) is 0 Å². The van der Waals surface area contributed by atoms with E-state index in [9.17, 15) is 4.79 Å². The average Bonchev–Trinajstić information content (AvgIpc) is 2.93. The minimum atomic E-state index is -0.143. The van der Waals surface area contributed by atoms with Gasteiger partial charge in [0, 0.05) is 6.07 Å². The van der Waals surface area contributed by atoms with Crippen LogP contribution in [0.5, 0.6) is 5.75 Å². The zero-order valence-corrected chi connectivity index (χ0v) is 13.8. The van der Waals surface area contributed by atoms with Gasteiger partial charge in [-0.05, 0) is 43.7 Å². The second kappa shape index (κ2) is 7.89. The van der Waals surface area contributed by atoms with Gasteiger partial charge in [0.2, 0.25) is 5.91 Å². The number of nitrogens with zero attached hydrogens (tertiary/aromatic N) is 1. The number of ether oxygens (including phenoxy) is 1. The molecule has 0 aliphatic rings. The number of hydrogen-bond donors (Lipinski definition) is 1. The minimum absolute atomic E-state index is 0.0620. The maximum atomic E-state index is 12.0. The molecule has 0 bridgehead atoms. The van der Waals surface area contributed by atoms with E-state index >= 15 is 0 Å². The first kappa shape index (κ1) is 16.4. The van der Waals surface area contributed by atoms with Gasteiger partial charge < -0.3 is 14.6 Å². The number of aryl methyl sites for hydroxylation is 2. The maximum Gasteiger partial charge on any atom is 0.238 e. The van der Waals surface area contributed by atoms with E-state index in [4.69, 9.17) is 9.26 Å². The maximum absolute atomic E-state index is 12.0. The number of anilines is 1. The van der Waals surface area contributed by atoms with E-state index in [2.05, 4.69) is 10.5 Å². The number of rotatable bonds is 7. The van der Waals surface area contributed by atoms with Crippen LogP contribution >= 0.6 is 11.8 Å². The molecular weight excluding hydrogens is 300 g/mol. The number of methoxy groups -OCH3 is 1. The van der Waals surface area contributed by atoms with Crippen LogP contribution in [0.3, 0.4) is 0 Å². The van der Waals surface area contributed by atoms with Crippen LogP contribution in [0, 0.1) is 6.92 Å². The molecule has 0 unspecified atom stereocenters. The molecule has 0 saturated carbocycles. The molecule has 118 valence electrons. The van der Waals surface area contributed by atoms with Gasteiger partial charge in [0.25, 0.3) is 0 Å². The number of nitrogens with one attached hydrogen (secondary N) is 1. The lowest BCUT2D eigenvalue weighted by molar-refractivity contribution is -0.115. The molecule has 0 spiro atoms. The number of aromatic nitrogens is 1. The van der Waals surface area contributed by atoms with Crippen LogP contribution in [0.25, 0.3) is 0 Å². The van der Waals surface area contributed by atoms with E-state index in [1.807, 2.05) is 31.2 Å². The molecule has 5 nitrogen and oxygen atoms in total. The Bertz CT molecular complexity index is 610. The van der Waals surface area contributed by atoms with E-state index in [1.54, 1.807) is 31.9 Å². The Hall–Kier alpha value is -1.95. The van der Waals surface area contributed by atoms with Crippen LogP contribution in [0.1, 0.15) is 18.2 Å². The summed E-state index contributed by atoms with van der Waals surface area (Å²) in [6, 6.07) is 9.68. The molecule has 0 aliphatic heterocycles. The number of carbonyl (C=O) groups is 1. The number of amides is 1. The van der Waals surface area contributed by atoms with E-state index in [-0.39, 0.29) is 11.2 Å². The van der Waals surface area contributed by atoms with Crippen LogP contribution < -0.4 is 10.1 Å². The van der Waals surface area contributed by atoms with Crippen LogP contribution in [-0.2, 0) is 11.2 Å². The van der Waals surface area contributed by atoms with Crippen molar-refractivity contribution in [2.24, 2.45) is 0 Å². The summed E-state index contributed by atoms with van der Waals surface area (Å²) in [4.78, 5) is 12.0. The first-order valence-electron chi connectivity index (χ1n) is 7.07. The molecule has 2 rings (SSSR count). The summed E-state index contributed by atoms with van der Waals surface area (Å²) < 4.78 is 10.1. The minimum Gasteiger partial charge on any atom is -0.497 e. The third-order valence-corrected chi connectivity index (χ3v) is 4.32. The van der Waals surface area contributed by atoms with E-state index in [1.165, 1.54) is 5.56 Å². The van der Waals surface area contributed by atoms with Gasteiger partial charge in [0.1, 0.15) is 11.5 Å². The van der Waals surface area contributed by atoms with Crippen molar-refractivity contribution in [2.45, 2.75) is 25.5 Å². The zero-order valence-electron chi connectivity index (χ0n) is 13.0. The molecule has 1 heterocycles. The third-order valence-electron chi connectivity index (χ3n) is 3.17. The van der Waals surface area contributed by atoms with Gasteiger partial charge in [-0.25, -0.2) is 0 Å². The molecule has 1 N–H and O–H groups in total. The molecule has 2 aromatic rings. The summed E-state index contributed by atoms with van der Waals surface area (Å²) in [5, 5.41) is 6.36. The molecular formula is C16H20N2O3S. The Morgan fingerprint density at radius 3 is 2.73 bits per heavy atom. The highest BCUT2D eigenvalue weighted by Crippen LogP contribution is 2.17. The summed E-state index contributed by atoms with van der Waals surface area (Å²) in [6.45, 7) is 3.68. The van der Waals surface area contributed by atoms with Crippen molar-refractivity contribution in [2.75, 3.05) is 18.2 Å². The van der Waals surface area contributed by atoms with Crippen LogP contribution in [0.4, 0.5) is 5.82 Å². The normalized spacial score (nSPS) is 12.0. The fraction of sp³-hybridized carbons (Fsp3) is 0.375. The molecule has 1 aromatic heterocycles. The quantitative estimate of drug-likeness (QED) is 0.848. The number of thioether (sulfide) groups is 1. The fourth-order valence-corrected chi connectivity index (χ4v) is 2.79. The number of hydrogen-bond acceptors (Lipinski definition) is 5. The Morgan fingerprint density at radius 1 is 1.41 bits per heavy atom. The second-order valence-electron chi connectivity index (χ2n) is 4.92. The zero-order chi connectivity index (χ0) is 15.9. The van der Waals surface area contributed by atoms with E-state index in [0.717, 1.165) is 17.9 Å². The lowest BCUT2D eigenvalue weighted by Gasteiger charge is -2.10. The van der Waals surface area contributed by atoms with Crippen molar-refractivity contribution >= 4 is 23.5 Å². The standard InChI is InChI=1S/C16H20N2O3S/c1-11-10-15(18-21-11)17-16(19)12(2)22-9-8-13-4-6-14(20-3)7-5-13/h4-7,10,12H,8-9H2,1-3H3,(H,17,18,19)/t12-/m1/s1. The summed E-state index contributed by atoms with van der Waals surface area (Å²) in [5.41, 5.74) is 1.23. The molecule has 0 aliphatic carbocycles. The monoisotopic (exact) mass is 320 g/mol. The molecule has 0 radical (unpaired) electrons. The smallest absolute Gasteiger partial charge is 0.238 e. The number of carbonyl (C=O) groups excluding carboxylic acids is 1. The van der Waals surface area contributed by atoms with Crippen molar-refractivity contribution in [3.8, 4) is 5.75 Å². The Balaban J connectivity index is 1.74. The van der Waals surface area contributed by atoms with Crippen LogP contribution in [0.15, 0.2) is 34.9 Å². The summed E-state index contributed by atoms with van der Waals surface area (Å²) in [5.74, 6) is 2.80. The van der Waals surface area contributed by atoms with Crippen LogP contribution in [-0.4, -0.2) is 29.2 Å². The molecule has 1 atom stereocenters. The SMILES string of the molecule is COc1ccc(CCS[C@H](C)C(=O)Nc2cc(C)on2)cc1. The topological polar surface area (TPSA) is 64.4 Å². The Kier molecular flexibility index (Phi) is 5.89. The van der Waals surface area contributed by atoms with Gasteiger partial charge in [-0.2, -0.15) is 0 Å². The highest BCUT2D eigenvalue weighted by Gasteiger charge is 2.14. The highest BCUT2D eigenvalue weighted by atomic mass is 32.2. The van der Waals surface area contributed by atoms with Crippen molar-refractivity contribution in [3.63, 3.8) is 0 Å². The van der Waals surface area contributed by atoms with Gasteiger partial charge in [-0.3, -0.25) is 4.79 Å². The third kappa shape index (κ3) is 4.80. The molecule has 1 amide bonds. The lowest BCUT2D eigenvalue weighted by Crippen LogP contribution is -2.23. The van der Waals surface area contributed by atoms with E-state index < -0.39 is 0 Å². The van der Waals surface area contributed by atoms with Gasteiger partial charge >= 0.3 is 0 Å².